The van der Waals surface area contributed by atoms with Crippen LogP contribution in [0.15, 0.2) is 11.8 Å². The summed E-state index contributed by atoms with van der Waals surface area (Å²) in [5, 5.41) is 0. The van der Waals surface area contributed by atoms with E-state index in [2.05, 4.69) is 20.9 Å². The fourth-order valence-corrected chi connectivity index (χ4v) is 6.17. The molecule has 4 aliphatic carbocycles. The Kier molecular flexibility index (Phi) is 1.75. The van der Waals surface area contributed by atoms with E-state index in [-0.39, 0.29) is 0 Å². The summed E-state index contributed by atoms with van der Waals surface area (Å²) in [5.74, 6) is 2.96. The minimum atomic E-state index is 0.399. The molecule has 2 aromatic heterocycles. The van der Waals surface area contributed by atoms with E-state index in [9.17, 15) is 0 Å². The fourth-order valence-electron chi connectivity index (χ4n) is 5.35. The van der Waals surface area contributed by atoms with Gasteiger partial charge in [0.05, 0.1) is 11.8 Å². The van der Waals surface area contributed by atoms with Gasteiger partial charge in [-0.05, 0) is 56.3 Å². The number of hydrogen-bond donors (Lipinski definition) is 0. The topological polar surface area (TPSA) is 30.7 Å². The van der Waals surface area contributed by atoms with E-state index in [1.165, 1.54) is 43.4 Å². The van der Waals surface area contributed by atoms with Crippen LogP contribution < -0.4 is 0 Å². The van der Waals surface area contributed by atoms with Crippen molar-refractivity contribution in [2.24, 2.45) is 17.8 Å². The highest BCUT2D eigenvalue weighted by molar-refractivity contribution is 7.16. The van der Waals surface area contributed by atoms with Gasteiger partial charge >= 0.3 is 0 Å². The van der Waals surface area contributed by atoms with Crippen LogP contribution >= 0.6 is 11.3 Å². The first-order valence-electron chi connectivity index (χ1n) is 7.09. The number of imidazole rings is 1. The summed E-state index contributed by atoms with van der Waals surface area (Å²) < 4.78 is 2.50. The van der Waals surface area contributed by atoms with Crippen LogP contribution in [-0.4, -0.2) is 14.5 Å². The van der Waals surface area contributed by atoms with E-state index in [1.54, 1.807) is 11.3 Å². The standard InChI is InChI=1S/C14H17N3S/c1-9-2-11-3-10(1)5-14(4-9,6-11)17-7-15-12-13(17)18-8-16-12/h7-11H,1-6H2. The van der Waals surface area contributed by atoms with Gasteiger partial charge in [-0.1, -0.05) is 0 Å². The van der Waals surface area contributed by atoms with E-state index in [1.807, 2.05) is 5.51 Å². The fraction of sp³-hybridized carbons (Fsp3) is 0.714. The summed E-state index contributed by atoms with van der Waals surface area (Å²) in [4.78, 5) is 10.2. The van der Waals surface area contributed by atoms with Gasteiger partial charge in [0.1, 0.15) is 4.83 Å². The Labute approximate surface area is 110 Å². The predicted octanol–water partition coefficient (Wildman–Crippen LogP) is 3.42. The molecule has 0 aromatic carbocycles. The third-order valence-corrected chi connectivity index (χ3v) is 6.38. The summed E-state index contributed by atoms with van der Waals surface area (Å²) in [7, 11) is 0. The van der Waals surface area contributed by atoms with Crippen molar-refractivity contribution in [2.75, 3.05) is 0 Å². The maximum Gasteiger partial charge on any atom is 0.189 e. The van der Waals surface area contributed by atoms with Crippen molar-refractivity contribution >= 4 is 21.8 Å². The van der Waals surface area contributed by atoms with Gasteiger partial charge < -0.3 is 4.57 Å². The van der Waals surface area contributed by atoms with Crippen LogP contribution in [-0.2, 0) is 5.54 Å². The molecule has 2 heterocycles. The Morgan fingerprint density at radius 3 is 2.39 bits per heavy atom. The van der Waals surface area contributed by atoms with E-state index in [0.29, 0.717) is 5.54 Å². The molecule has 0 radical (unpaired) electrons. The average Bonchev–Trinajstić information content (AvgIpc) is 2.87. The first kappa shape index (κ1) is 9.96. The van der Waals surface area contributed by atoms with Crippen molar-refractivity contribution in [3.05, 3.63) is 11.8 Å². The molecule has 0 unspecified atom stereocenters. The molecule has 6 rings (SSSR count). The highest BCUT2D eigenvalue weighted by atomic mass is 32.1. The van der Waals surface area contributed by atoms with Crippen molar-refractivity contribution in [3.8, 4) is 0 Å². The van der Waals surface area contributed by atoms with Gasteiger partial charge in [-0.25, -0.2) is 9.97 Å². The lowest BCUT2D eigenvalue weighted by atomic mass is 9.53. The lowest BCUT2D eigenvalue weighted by Gasteiger charge is -2.57. The predicted molar refractivity (Wildman–Crippen MR) is 71.6 cm³/mol. The molecule has 0 aliphatic heterocycles. The Morgan fingerprint density at radius 1 is 1.06 bits per heavy atom. The van der Waals surface area contributed by atoms with Gasteiger partial charge in [0.2, 0.25) is 0 Å². The quantitative estimate of drug-likeness (QED) is 0.785. The maximum atomic E-state index is 4.50. The van der Waals surface area contributed by atoms with Crippen LogP contribution in [0.4, 0.5) is 0 Å². The maximum absolute atomic E-state index is 4.50. The second kappa shape index (κ2) is 3.16. The molecule has 4 heteroatoms. The molecule has 0 atom stereocenters. The van der Waals surface area contributed by atoms with Crippen molar-refractivity contribution in [1.29, 1.82) is 0 Å². The molecule has 3 nitrogen and oxygen atoms in total. The molecule has 2 aromatic rings. The van der Waals surface area contributed by atoms with Crippen molar-refractivity contribution < 1.29 is 0 Å². The monoisotopic (exact) mass is 259 g/mol. The second-order valence-electron chi connectivity index (χ2n) is 6.74. The number of fused-ring (bicyclic) bond motifs is 1. The van der Waals surface area contributed by atoms with Gasteiger partial charge in [-0.3, -0.25) is 0 Å². The zero-order chi connectivity index (χ0) is 11.7. The normalized spacial score (nSPS) is 41.9. The van der Waals surface area contributed by atoms with Crippen LogP contribution in [0, 0.1) is 17.8 Å². The Morgan fingerprint density at radius 2 is 1.72 bits per heavy atom. The van der Waals surface area contributed by atoms with Gasteiger partial charge in [0.15, 0.2) is 5.65 Å². The van der Waals surface area contributed by atoms with Crippen molar-refractivity contribution in [3.63, 3.8) is 0 Å². The van der Waals surface area contributed by atoms with Gasteiger partial charge in [0, 0.05) is 5.54 Å². The molecule has 4 bridgehead atoms. The Hall–Kier alpha value is -0.900. The summed E-state index contributed by atoms with van der Waals surface area (Å²) >= 11 is 1.76. The van der Waals surface area contributed by atoms with Crippen LogP contribution in [0.2, 0.25) is 0 Å². The van der Waals surface area contributed by atoms with Crippen molar-refractivity contribution in [2.45, 2.75) is 44.1 Å². The highest BCUT2D eigenvalue weighted by Crippen LogP contribution is 2.59. The minimum absolute atomic E-state index is 0.399. The summed E-state index contributed by atoms with van der Waals surface area (Å²) in [5.41, 5.74) is 3.29. The lowest BCUT2D eigenvalue weighted by molar-refractivity contribution is -0.0408. The van der Waals surface area contributed by atoms with Gasteiger partial charge in [-0.15, -0.1) is 11.3 Å². The molecule has 0 spiro atoms. The van der Waals surface area contributed by atoms with Crippen LogP contribution in [0.3, 0.4) is 0 Å². The highest BCUT2D eigenvalue weighted by Gasteiger charge is 2.52. The van der Waals surface area contributed by atoms with Gasteiger partial charge in [0.25, 0.3) is 0 Å². The summed E-state index contributed by atoms with van der Waals surface area (Å²) in [6.45, 7) is 0. The Balaban J connectivity index is 1.69. The number of rotatable bonds is 1. The van der Waals surface area contributed by atoms with Crippen molar-refractivity contribution in [1.82, 2.24) is 14.5 Å². The molecule has 4 aliphatic rings. The number of thiazole rings is 1. The zero-order valence-electron chi connectivity index (χ0n) is 10.4. The van der Waals surface area contributed by atoms with E-state index >= 15 is 0 Å². The second-order valence-corrected chi connectivity index (χ2v) is 7.57. The van der Waals surface area contributed by atoms with Gasteiger partial charge in [-0.2, -0.15) is 0 Å². The Bertz CT molecular complexity index is 576. The SMILES string of the molecule is c1nc2ncn(C34CC5CC(CC(C5)C3)C4)c2s1. The molecule has 0 N–H and O–H groups in total. The van der Waals surface area contributed by atoms with E-state index in [4.69, 9.17) is 0 Å². The smallest absolute Gasteiger partial charge is 0.189 e. The number of nitrogens with zero attached hydrogens (tertiary/aromatic N) is 3. The molecule has 18 heavy (non-hydrogen) atoms. The molecular weight excluding hydrogens is 242 g/mol. The summed E-state index contributed by atoms with van der Waals surface area (Å²) in [6.07, 6.45) is 10.7. The molecule has 94 valence electrons. The molecule has 4 saturated carbocycles. The number of hydrogen-bond acceptors (Lipinski definition) is 3. The zero-order valence-corrected chi connectivity index (χ0v) is 11.2. The van der Waals surface area contributed by atoms with Crippen LogP contribution in [0.5, 0.6) is 0 Å². The van der Waals surface area contributed by atoms with Crippen LogP contribution in [0.1, 0.15) is 38.5 Å². The average molecular weight is 259 g/mol. The third kappa shape index (κ3) is 1.15. The summed E-state index contributed by atoms with van der Waals surface area (Å²) in [6, 6.07) is 0. The largest absolute Gasteiger partial charge is 0.315 e. The first-order chi connectivity index (χ1) is 8.82. The third-order valence-electron chi connectivity index (χ3n) is 5.56. The molecule has 4 fully saturated rings. The van der Waals surface area contributed by atoms with Crippen LogP contribution in [0.25, 0.3) is 10.5 Å². The van der Waals surface area contributed by atoms with E-state index < -0.39 is 0 Å². The minimum Gasteiger partial charge on any atom is -0.315 e. The molecular formula is C14H17N3S. The molecule has 0 saturated heterocycles. The first-order valence-corrected chi connectivity index (χ1v) is 7.97. The van der Waals surface area contributed by atoms with E-state index in [0.717, 1.165) is 23.4 Å². The number of aromatic nitrogens is 3. The lowest BCUT2D eigenvalue weighted by Crippen LogP contribution is -2.51. The molecule has 0 amide bonds.